The first-order valence-electron chi connectivity index (χ1n) is 8.40. The highest BCUT2D eigenvalue weighted by Gasteiger charge is 2.24. The minimum Gasteiger partial charge on any atom is -0.360 e. The average Bonchev–Trinajstić information content (AvgIpc) is 2.55. The van der Waals surface area contributed by atoms with E-state index in [1.165, 1.54) is 4.90 Å². The Morgan fingerprint density at radius 2 is 2.04 bits per heavy atom. The number of likely N-dealkylation sites (N-methyl/N-ethyl adjacent to an activating group) is 1. The zero-order chi connectivity index (χ0) is 17.5. The molecule has 7 heteroatoms. The Bertz CT molecular complexity index is 573. The maximum Gasteiger partial charge on any atom is 0.275 e. The van der Waals surface area contributed by atoms with Gasteiger partial charge in [0.05, 0.1) is 26.2 Å². The number of rotatable bonds is 6. The zero-order valence-corrected chi connectivity index (χ0v) is 15.0. The van der Waals surface area contributed by atoms with Crippen molar-refractivity contribution in [3.8, 4) is 0 Å². The van der Waals surface area contributed by atoms with Crippen LogP contribution in [0.25, 0.3) is 0 Å². The SMILES string of the molecule is CCNC(=O)[C@@H](C)NC(=O)C[NH+]1CCN(c2cccc(Cl)c2)CC1. The van der Waals surface area contributed by atoms with Gasteiger partial charge in [-0.25, -0.2) is 0 Å². The van der Waals surface area contributed by atoms with Crippen molar-refractivity contribution < 1.29 is 14.5 Å². The summed E-state index contributed by atoms with van der Waals surface area (Å²) >= 11 is 6.04. The van der Waals surface area contributed by atoms with Crippen LogP contribution in [0.1, 0.15) is 13.8 Å². The first-order valence-corrected chi connectivity index (χ1v) is 8.78. The average molecular weight is 354 g/mol. The fourth-order valence-electron chi connectivity index (χ4n) is 2.84. The molecule has 2 rings (SSSR count). The smallest absolute Gasteiger partial charge is 0.275 e. The van der Waals surface area contributed by atoms with E-state index in [1.807, 2.05) is 25.1 Å². The fraction of sp³-hybridized carbons (Fsp3) is 0.529. The Morgan fingerprint density at radius 3 is 2.67 bits per heavy atom. The Hall–Kier alpha value is -1.79. The van der Waals surface area contributed by atoms with Crippen molar-refractivity contribution in [3.05, 3.63) is 29.3 Å². The molecule has 0 aromatic heterocycles. The molecule has 0 radical (unpaired) electrons. The Labute approximate surface area is 148 Å². The van der Waals surface area contributed by atoms with E-state index in [4.69, 9.17) is 11.6 Å². The fourth-order valence-corrected chi connectivity index (χ4v) is 3.03. The highest BCUT2D eigenvalue weighted by Crippen LogP contribution is 2.19. The molecule has 1 fully saturated rings. The number of quaternary nitrogens is 1. The monoisotopic (exact) mass is 353 g/mol. The number of nitrogens with one attached hydrogen (secondary N) is 3. The van der Waals surface area contributed by atoms with Gasteiger partial charge in [-0.2, -0.15) is 0 Å². The number of nitrogens with zero attached hydrogens (tertiary/aromatic N) is 1. The number of carbonyl (C=O) groups excluding carboxylic acids is 2. The second kappa shape index (κ2) is 8.89. The van der Waals surface area contributed by atoms with Crippen LogP contribution in [0.5, 0.6) is 0 Å². The first kappa shape index (κ1) is 18.5. The molecule has 6 nitrogen and oxygen atoms in total. The van der Waals surface area contributed by atoms with Gasteiger partial charge in [-0.3, -0.25) is 9.59 Å². The normalized spacial score (nSPS) is 16.5. The Balaban J connectivity index is 1.76. The quantitative estimate of drug-likeness (QED) is 0.657. The maximum atomic E-state index is 12.1. The third-order valence-corrected chi connectivity index (χ3v) is 4.41. The van der Waals surface area contributed by atoms with Crippen molar-refractivity contribution in [2.24, 2.45) is 0 Å². The number of anilines is 1. The summed E-state index contributed by atoms with van der Waals surface area (Å²) in [4.78, 5) is 27.2. The van der Waals surface area contributed by atoms with Gasteiger partial charge in [-0.15, -0.1) is 0 Å². The van der Waals surface area contributed by atoms with Crippen LogP contribution in [0.4, 0.5) is 5.69 Å². The molecule has 0 bridgehead atoms. The van der Waals surface area contributed by atoms with Gasteiger partial charge in [-0.05, 0) is 32.0 Å². The third kappa shape index (κ3) is 5.39. The van der Waals surface area contributed by atoms with E-state index in [1.54, 1.807) is 6.92 Å². The number of amides is 2. The van der Waals surface area contributed by atoms with Gasteiger partial charge < -0.3 is 20.4 Å². The molecule has 0 aliphatic carbocycles. The van der Waals surface area contributed by atoms with E-state index in [2.05, 4.69) is 21.6 Å². The van der Waals surface area contributed by atoms with Gasteiger partial charge in [0.15, 0.2) is 6.54 Å². The van der Waals surface area contributed by atoms with Crippen LogP contribution in [0.2, 0.25) is 5.02 Å². The predicted octanol–water partition coefficient (Wildman–Crippen LogP) is -0.314. The number of halogens is 1. The molecule has 2 amide bonds. The van der Waals surface area contributed by atoms with Crippen molar-refractivity contribution in [1.29, 1.82) is 0 Å². The van der Waals surface area contributed by atoms with E-state index >= 15 is 0 Å². The van der Waals surface area contributed by atoms with Crippen molar-refractivity contribution in [2.45, 2.75) is 19.9 Å². The summed E-state index contributed by atoms with van der Waals surface area (Å²) in [6.45, 7) is 8.06. The van der Waals surface area contributed by atoms with Gasteiger partial charge >= 0.3 is 0 Å². The van der Waals surface area contributed by atoms with Crippen LogP contribution in [-0.4, -0.2) is 57.1 Å². The molecule has 3 N–H and O–H groups in total. The third-order valence-electron chi connectivity index (χ3n) is 4.18. The summed E-state index contributed by atoms with van der Waals surface area (Å²) in [5.74, 6) is -0.230. The molecule has 0 spiro atoms. The zero-order valence-electron chi connectivity index (χ0n) is 14.3. The molecule has 132 valence electrons. The van der Waals surface area contributed by atoms with E-state index in [9.17, 15) is 9.59 Å². The van der Waals surface area contributed by atoms with Crippen LogP contribution >= 0.6 is 11.6 Å². The largest absolute Gasteiger partial charge is 0.360 e. The van der Waals surface area contributed by atoms with Gasteiger partial charge in [0.1, 0.15) is 6.04 Å². The van der Waals surface area contributed by atoms with Crippen molar-refractivity contribution in [3.63, 3.8) is 0 Å². The lowest BCUT2D eigenvalue weighted by Crippen LogP contribution is -3.16. The number of benzene rings is 1. The van der Waals surface area contributed by atoms with Gasteiger partial charge in [-0.1, -0.05) is 17.7 Å². The molecular weight excluding hydrogens is 328 g/mol. The van der Waals surface area contributed by atoms with Crippen LogP contribution in [0.3, 0.4) is 0 Å². The van der Waals surface area contributed by atoms with Gasteiger partial charge in [0.2, 0.25) is 5.91 Å². The second-order valence-corrected chi connectivity index (χ2v) is 6.51. The summed E-state index contributed by atoms with van der Waals surface area (Å²) < 4.78 is 0. The summed E-state index contributed by atoms with van der Waals surface area (Å²) in [7, 11) is 0. The lowest BCUT2D eigenvalue weighted by Gasteiger charge is -2.33. The molecule has 1 aromatic rings. The molecular formula is C17H26ClN4O2+. The van der Waals surface area contributed by atoms with Crippen molar-refractivity contribution >= 4 is 29.1 Å². The summed E-state index contributed by atoms with van der Waals surface area (Å²) in [5.41, 5.74) is 1.12. The molecule has 0 saturated carbocycles. The minimum atomic E-state index is -0.496. The lowest BCUT2D eigenvalue weighted by atomic mass is 10.2. The molecule has 1 heterocycles. The highest BCUT2D eigenvalue weighted by molar-refractivity contribution is 6.30. The number of piperazine rings is 1. The lowest BCUT2D eigenvalue weighted by molar-refractivity contribution is -0.892. The number of carbonyl (C=O) groups is 2. The van der Waals surface area contributed by atoms with Crippen LogP contribution in [0.15, 0.2) is 24.3 Å². The predicted molar refractivity (Wildman–Crippen MR) is 95.5 cm³/mol. The van der Waals surface area contributed by atoms with E-state index in [-0.39, 0.29) is 11.8 Å². The molecule has 0 unspecified atom stereocenters. The van der Waals surface area contributed by atoms with Crippen molar-refractivity contribution in [2.75, 3.05) is 44.2 Å². The molecule has 1 aromatic carbocycles. The number of hydrogen-bond acceptors (Lipinski definition) is 3. The summed E-state index contributed by atoms with van der Waals surface area (Å²) in [6, 6.07) is 7.34. The summed E-state index contributed by atoms with van der Waals surface area (Å²) in [6.07, 6.45) is 0. The Morgan fingerprint density at radius 1 is 1.33 bits per heavy atom. The molecule has 1 aliphatic heterocycles. The number of hydrogen-bond donors (Lipinski definition) is 3. The molecule has 1 saturated heterocycles. The van der Waals surface area contributed by atoms with Gasteiger partial charge in [0, 0.05) is 17.3 Å². The first-order chi connectivity index (χ1) is 11.5. The molecule has 1 atom stereocenters. The van der Waals surface area contributed by atoms with Crippen LogP contribution in [-0.2, 0) is 9.59 Å². The minimum absolute atomic E-state index is 0.0834. The van der Waals surface area contributed by atoms with E-state index < -0.39 is 6.04 Å². The molecule has 1 aliphatic rings. The van der Waals surface area contributed by atoms with Crippen LogP contribution in [0, 0.1) is 0 Å². The van der Waals surface area contributed by atoms with Gasteiger partial charge in [0.25, 0.3) is 5.91 Å². The van der Waals surface area contributed by atoms with E-state index in [0.717, 1.165) is 36.9 Å². The summed E-state index contributed by atoms with van der Waals surface area (Å²) in [5, 5.41) is 6.20. The maximum absolute atomic E-state index is 12.1. The van der Waals surface area contributed by atoms with Crippen LogP contribution < -0.4 is 20.4 Å². The Kier molecular flexibility index (Phi) is 6.87. The highest BCUT2D eigenvalue weighted by atomic mass is 35.5. The van der Waals surface area contributed by atoms with Crippen molar-refractivity contribution in [1.82, 2.24) is 10.6 Å². The topological polar surface area (TPSA) is 65.9 Å². The second-order valence-electron chi connectivity index (χ2n) is 6.08. The van der Waals surface area contributed by atoms with E-state index in [0.29, 0.717) is 13.1 Å². The molecule has 24 heavy (non-hydrogen) atoms. The standard InChI is InChI=1S/C17H25ClN4O2/c1-3-19-17(24)13(2)20-16(23)12-21-7-9-22(10-8-21)15-6-4-5-14(18)11-15/h4-6,11,13H,3,7-10,12H2,1-2H3,(H,19,24)(H,20,23)/p+1/t13-/m1/s1.